The maximum absolute atomic E-state index is 14.1. The highest BCUT2D eigenvalue weighted by Gasteiger charge is 2.14. The van der Waals surface area contributed by atoms with E-state index in [0.29, 0.717) is 31.3 Å². The molecular formula is C21H24FNO3. The predicted octanol–water partition coefficient (Wildman–Crippen LogP) is 4.13. The van der Waals surface area contributed by atoms with Crippen molar-refractivity contribution in [2.24, 2.45) is 0 Å². The van der Waals surface area contributed by atoms with Crippen molar-refractivity contribution in [1.82, 2.24) is 4.90 Å². The molecule has 0 atom stereocenters. The SMILES string of the molecule is Fc1cc(OCCN2CCCCC2)cc(-c2ccc3c(c2)OCCO3)c1. The number of likely N-dealkylation sites (tertiary alicyclic amines) is 1. The fourth-order valence-electron chi connectivity index (χ4n) is 3.51. The van der Waals surface area contributed by atoms with Gasteiger partial charge in [-0.15, -0.1) is 0 Å². The first-order valence-corrected chi connectivity index (χ1v) is 9.34. The van der Waals surface area contributed by atoms with Gasteiger partial charge in [-0.1, -0.05) is 12.5 Å². The van der Waals surface area contributed by atoms with Crippen molar-refractivity contribution in [1.29, 1.82) is 0 Å². The van der Waals surface area contributed by atoms with Crippen LogP contribution in [0.3, 0.4) is 0 Å². The van der Waals surface area contributed by atoms with Gasteiger partial charge in [-0.25, -0.2) is 4.39 Å². The number of rotatable bonds is 5. The van der Waals surface area contributed by atoms with Crippen molar-refractivity contribution in [2.45, 2.75) is 19.3 Å². The molecule has 4 nitrogen and oxygen atoms in total. The topological polar surface area (TPSA) is 30.9 Å². The third-order valence-electron chi connectivity index (χ3n) is 4.87. The van der Waals surface area contributed by atoms with Crippen LogP contribution in [0.1, 0.15) is 19.3 Å². The first-order valence-electron chi connectivity index (χ1n) is 9.34. The Morgan fingerprint density at radius 1 is 0.885 bits per heavy atom. The number of ether oxygens (including phenoxy) is 3. The van der Waals surface area contributed by atoms with Crippen LogP contribution < -0.4 is 14.2 Å². The maximum atomic E-state index is 14.1. The van der Waals surface area contributed by atoms with Gasteiger partial charge in [0.15, 0.2) is 11.5 Å². The molecule has 2 aliphatic rings. The van der Waals surface area contributed by atoms with Crippen molar-refractivity contribution < 1.29 is 18.6 Å². The van der Waals surface area contributed by atoms with E-state index in [2.05, 4.69) is 4.90 Å². The molecular weight excluding hydrogens is 333 g/mol. The summed E-state index contributed by atoms with van der Waals surface area (Å²) in [6.45, 7) is 4.82. The van der Waals surface area contributed by atoms with Crippen LogP contribution in [-0.2, 0) is 0 Å². The lowest BCUT2D eigenvalue weighted by Crippen LogP contribution is -2.33. The minimum atomic E-state index is -0.301. The molecule has 5 heteroatoms. The van der Waals surface area contributed by atoms with Crippen molar-refractivity contribution in [3.63, 3.8) is 0 Å². The molecule has 0 bridgehead atoms. The summed E-state index contributed by atoms with van der Waals surface area (Å²) in [6.07, 6.45) is 3.84. The van der Waals surface area contributed by atoms with Crippen molar-refractivity contribution >= 4 is 0 Å². The molecule has 0 aromatic heterocycles. The lowest BCUT2D eigenvalue weighted by molar-refractivity contribution is 0.171. The Morgan fingerprint density at radius 2 is 1.69 bits per heavy atom. The number of piperidine rings is 1. The minimum Gasteiger partial charge on any atom is -0.492 e. The van der Waals surface area contributed by atoms with E-state index >= 15 is 0 Å². The molecule has 0 amide bonds. The zero-order chi connectivity index (χ0) is 17.8. The fraction of sp³-hybridized carbons (Fsp3) is 0.429. The Morgan fingerprint density at radius 3 is 2.54 bits per heavy atom. The summed E-state index contributed by atoms with van der Waals surface area (Å²) in [4.78, 5) is 2.41. The average Bonchev–Trinajstić information content (AvgIpc) is 2.68. The van der Waals surface area contributed by atoms with E-state index in [9.17, 15) is 4.39 Å². The molecule has 2 aromatic rings. The van der Waals surface area contributed by atoms with Crippen LogP contribution in [0, 0.1) is 5.82 Å². The number of hydrogen-bond acceptors (Lipinski definition) is 4. The summed E-state index contributed by atoms with van der Waals surface area (Å²) >= 11 is 0. The third-order valence-corrected chi connectivity index (χ3v) is 4.87. The lowest BCUT2D eigenvalue weighted by Gasteiger charge is -2.26. The average molecular weight is 357 g/mol. The van der Waals surface area contributed by atoms with Gasteiger partial charge in [0.1, 0.15) is 31.4 Å². The normalized spacial score (nSPS) is 17.1. The van der Waals surface area contributed by atoms with Gasteiger partial charge >= 0.3 is 0 Å². The van der Waals surface area contributed by atoms with Crippen LogP contribution in [0.5, 0.6) is 17.2 Å². The molecule has 0 saturated carbocycles. The van der Waals surface area contributed by atoms with E-state index in [-0.39, 0.29) is 5.82 Å². The first-order chi connectivity index (χ1) is 12.8. The van der Waals surface area contributed by atoms with E-state index in [1.807, 2.05) is 24.3 Å². The summed E-state index contributed by atoms with van der Waals surface area (Å²) in [5.74, 6) is 1.69. The summed E-state index contributed by atoms with van der Waals surface area (Å²) in [5.41, 5.74) is 1.66. The minimum absolute atomic E-state index is 0.301. The van der Waals surface area contributed by atoms with Gasteiger partial charge in [-0.05, 0) is 61.3 Å². The Labute approximate surface area is 153 Å². The summed E-state index contributed by atoms with van der Waals surface area (Å²) in [7, 11) is 0. The zero-order valence-corrected chi connectivity index (χ0v) is 14.9. The molecule has 1 fully saturated rings. The van der Waals surface area contributed by atoms with E-state index in [1.165, 1.54) is 31.4 Å². The van der Waals surface area contributed by atoms with E-state index < -0.39 is 0 Å². The quantitative estimate of drug-likeness (QED) is 0.805. The highest BCUT2D eigenvalue weighted by molar-refractivity contribution is 5.68. The second-order valence-corrected chi connectivity index (χ2v) is 6.78. The Hall–Kier alpha value is -2.27. The zero-order valence-electron chi connectivity index (χ0n) is 14.9. The second kappa shape index (κ2) is 7.96. The van der Waals surface area contributed by atoms with E-state index in [0.717, 1.165) is 36.5 Å². The van der Waals surface area contributed by atoms with Crippen LogP contribution in [0.15, 0.2) is 36.4 Å². The van der Waals surface area contributed by atoms with Gasteiger partial charge in [0.2, 0.25) is 0 Å². The first kappa shape index (κ1) is 17.2. The van der Waals surface area contributed by atoms with Gasteiger partial charge in [0, 0.05) is 12.6 Å². The Kier molecular flexibility index (Phi) is 5.25. The highest BCUT2D eigenvalue weighted by atomic mass is 19.1. The molecule has 0 aliphatic carbocycles. The molecule has 2 heterocycles. The monoisotopic (exact) mass is 357 g/mol. The van der Waals surface area contributed by atoms with Gasteiger partial charge in [-0.2, -0.15) is 0 Å². The van der Waals surface area contributed by atoms with Crippen LogP contribution in [0.25, 0.3) is 11.1 Å². The molecule has 0 radical (unpaired) electrons. The van der Waals surface area contributed by atoms with E-state index in [1.54, 1.807) is 0 Å². The molecule has 1 saturated heterocycles. The predicted molar refractivity (Wildman–Crippen MR) is 98.6 cm³/mol. The number of nitrogens with zero attached hydrogens (tertiary/aromatic N) is 1. The maximum Gasteiger partial charge on any atom is 0.161 e. The number of hydrogen-bond donors (Lipinski definition) is 0. The Bertz CT molecular complexity index is 759. The van der Waals surface area contributed by atoms with Crippen molar-refractivity contribution in [3.05, 3.63) is 42.2 Å². The molecule has 4 rings (SSSR count). The summed E-state index contributed by atoms with van der Waals surface area (Å²) in [6, 6.07) is 10.5. The summed E-state index contributed by atoms with van der Waals surface area (Å²) < 4.78 is 31.1. The second-order valence-electron chi connectivity index (χ2n) is 6.78. The highest BCUT2D eigenvalue weighted by Crippen LogP contribution is 2.35. The molecule has 0 N–H and O–H groups in total. The van der Waals surface area contributed by atoms with Gasteiger partial charge in [-0.3, -0.25) is 4.90 Å². The van der Waals surface area contributed by atoms with Gasteiger partial charge < -0.3 is 14.2 Å². The van der Waals surface area contributed by atoms with Crippen LogP contribution in [0.4, 0.5) is 4.39 Å². The standard InChI is InChI=1S/C21H24FNO3/c22-18-12-17(16-4-5-20-21(14-16)26-11-10-25-20)13-19(15-18)24-9-8-23-6-2-1-3-7-23/h4-5,12-15H,1-3,6-11H2. The molecule has 2 aromatic carbocycles. The molecule has 0 spiro atoms. The molecule has 138 valence electrons. The van der Waals surface area contributed by atoms with Crippen LogP contribution in [0.2, 0.25) is 0 Å². The van der Waals surface area contributed by atoms with Crippen LogP contribution in [-0.4, -0.2) is 44.4 Å². The van der Waals surface area contributed by atoms with Gasteiger partial charge in [0.25, 0.3) is 0 Å². The number of fused-ring (bicyclic) bond motifs is 1. The van der Waals surface area contributed by atoms with Crippen molar-refractivity contribution in [3.8, 4) is 28.4 Å². The van der Waals surface area contributed by atoms with Gasteiger partial charge in [0.05, 0.1) is 0 Å². The molecule has 0 unspecified atom stereocenters. The number of halogens is 1. The molecule has 26 heavy (non-hydrogen) atoms. The largest absolute Gasteiger partial charge is 0.492 e. The fourth-order valence-corrected chi connectivity index (χ4v) is 3.51. The Balaban J connectivity index is 1.45. The van der Waals surface area contributed by atoms with E-state index in [4.69, 9.17) is 14.2 Å². The third kappa shape index (κ3) is 4.10. The summed E-state index contributed by atoms with van der Waals surface area (Å²) in [5, 5.41) is 0. The molecule has 2 aliphatic heterocycles. The number of benzene rings is 2. The van der Waals surface area contributed by atoms with Crippen molar-refractivity contribution in [2.75, 3.05) is 39.5 Å². The smallest absolute Gasteiger partial charge is 0.161 e. The lowest BCUT2D eigenvalue weighted by atomic mass is 10.0. The van der Waals surface area contributed by atoms with Crippen LogP contribution >= 0.6 is 0 Å².